The van der Waals surface area contributed by atoms with Crippen LogP contribution >= 0.6 is 0 Å². The van der Waals surface area contributed by atoms with E-state index >= 15 is 0 Å². The predicted molar refractivity (Wildman–Crippen MR) is 28.4 cm³/mol. The molecule has 0 bridgehead atoms. The highest BCUT2D eigenvalue weighted by molar-refractivity contribution is 5.18. The Hall–Kier alpha value is -1.12. The summed E-state index contributed by atoms with van der Waals surface area (Å²) in [7, 11) is 0. The molecular weight excluding hydrogens is 104 g/mol. The maximum Gasteiger partial charge on any atom is 0.155 e. The van der Waals surface area contributed by atoms with Crippen molar-refractivity contribution >= 4 is 0 Å². The summed E-state index contributed by atoms with van der Waals surface area (Å²) >= 11 is 0. The normalized spacial score (nSPS) is 9.12. The first-order valence-corrected chi connectivity index (χ1v) is 2.26. The maximum atomic E-state index is 8.79. The first-order valence-electron chi connectivity index (χ1n) is 2.26. The zero-order valence-corrected chi connectivity index (χ0v) is 4.50. The Kier molecular flexibility index (Phi) is 1.12. The molecule has 0 aromatic carbocycles. The van der Waals surface area contributed by atoms with Gasteiger partial charge in [0.2, 0.25) is 0 Å². The fourth-order valence-corrected chi connectivity index (χ4v) is 0.383. The van der Waals surface area contributed by atoms with Gasteiger partial charge in [-0.05, 0) is 6.92 Å². The summed E-state index contributed by atoms with van der Waals surface area (Å²) in [5, 5.41) is 8.79. The van der Waals surface area contributed by atoms with E-state index in [-0.39, 0.29) is 5.75 Å². The topological polar surface area (TPSA) is 46.0 Å². The summed E-state index contributed by atoms with van der Waals surface area (Å²) in [6.07, 6.45) is 2.76. The van der Waals surface area contributed by atoms with Gasteiger partial charge < -0.3 is 5.11 Å². The van der Waals surface area contributed by atoms with E-state index in [1.165, 1.54) is 12.5 Å². The van der Waals surface area contributed by atoms with Crippen molar-refractivity contribution in [3.8, 4) is 5.75 Å². The van der Waals surface area contributed by atoms with E-state index < -0.39 is 0 Å². The average molecular weight is 110 g/mol. The van der Waals surface area contributed by atoms with Gasteiger partial charge >= 0.3 is 0 Å². The molecule has 0 atom stereocenters. The van der Waals surface area contributed by atoms with Gasteiger partial charge in [-0.2, -0.15) is 0 Å². The number of aromatic hydroxyl groups is 1. The molecule has 0 aliphatic heterocycles. The van der Waals surface area contributed by atoms with Gasteiger partial charge in [-0.1, -0.05) is 0 Å². The Balaban J connectivity index is 3.13. The van der Waals surface area contributed by atoms with Crippen molar-refractivity contribution in [1.29, 1.82) is 0 Å². The lowest BCUT2D eigenvalue weighted by atomic mass is 10.4. The molecule has 0 aliphatic carbocycles. The third-order valence-electron chi connectivity index (χ3n) is 0.886. The van der Waals surface area contributed by atoms with Gasteiger partial charge in [-0.3, -0.25) is 0 Å². The second-order valence-electron chi connectivity index (χ2n) is 1.49. The van der Waals surface area contributed by atoms with E-state index in [0.29, 0.717) is 5.69 Å². The number of aryl methyl sites for hydroxylation is 1. The molecule has 0 saturated heterocycles. The Morgan fingerprint density at radius 2 is 2.38 bits per heavy atom. The lowest BCUT2D eigenvalue weighted by Crippen LogP contribution is -1.80. The molecule has 1 aromatic rings. The van der Waals surface area contributed by atoms with Crippen LogP contribution in [0.5, 0.6) is 5.75 Å². The molecule has 0 unspecified atom stereocenters. The molecule has 0 amide bonds. The lowest BCUT2D eigenvalue weighted by molar-refractivity contribution is 0.464. The van der Waals surface area contributed by atoms with Gasteiger partial charge in [0.25, 0.3) is 0 Å². The van der Waals surface area contributed by atoms with Gasteiger partial charge in [-0.25, -0.2) is 9.97 Å². The molecule has 0 fully saturated rings. The third-order valence-corrected chi connectivity index (χ3v) is 0.886. The number of hydrogen-bond donors (Lipinski definition) is 1. The molecule has 0 aliphatic rings. The number of rotatable bonds is 0. The van der Waals surface area contributed by atoms with Crippen molar-refractivity contribution in [2.75, 3.05) is 0 Å². The van der Waals surface area contributed by atoms with Crippen LogP contribution in [0, 0.1) is 6.92 Å². The molecule has 1 aromatic heterocycles. The number of nitrogens with zero attached hydrogens (tertiary/aromatic N) is 2. The first kappa shape index (κ1) is 5.03. The highest BCUT2D eigenvalue weighted by Crippen LogP contribution is 2.06. The second-order valence-corrected chi connectivity index (χ2v) is 1.49. The Bertz CT molecular complexity index is 167. The smallest absolute Gasteiger partial charge is 0.155 e. The Morgan fingerprint density at radius 1 is 1.62 bits per heavy atom. The fourth-order valence-electron chi connectivity index (χ4n) is 0.383. The minimum atomic E-state index is 0.146. The van der Waals surface area contributed by atoms with Crippen molar-refractivity contribution in [2.24, 2.45) is 0 Å². The molecule has 0 spiro atoms. The van der Waals surface area contributed by atoms with Crippen LogP contribution in [0.4, 0.5) is 0 Å². The van der Waals surface area contributed by atoms with Crippen LogP contribution < -0.4 is 0 Å². The number of aromatic nitrogens is 2. The lowest BCUT2D eigenvalue weighted by Gasteiger charge is -1.90. The zero-order chi connectivity index (χ0) is 5.98. The van der Waals surface area contributed by atoms with Crippen molar-refractivity contribution in [2.45, 2.75) is 6.92 Å². The van der Waals surface area contributed by atoms with Gasteiger partial charge in [0, 0.05) is 0 Å². The van der Waals surface area contributed by atoms with Crippen molar-refractivity contribution in [3.05, 3.63) is 18.2 Å². The Labute approximate surface area is 47.0 Å². The largest absolute Gasteiger partial charge is 0.504 e. The van der Waals surface area contributed by atoms with Crippen LogP contribution in [0.15, 0.2) is 12.5 Å². The quantitative estimate of drug-likeness (QED) is 0.528. The molecule has 1 rings (SSSR count). The van der Waals surface area contributed by atoms with Crippen LogP contribution in [-0.4, -0.2) is 15.1 Å². The van der Waals surface area contributed by atoms with Crippen LogP contribution in [0.2, 0.25) is 0 Å². The van der Waals surface area contributed by atoms with Gasteiger partial charge in [-0.15, -0.1) is 0 Å². The molecule has 42 valence electrons. The summed E-state index contributed by atoms with van der Waals surface area (Å²) in [5.74, 6) is 0.146. The fraction of sp³-hybridized carbons (Fsp3) is 0.200. The summed E-state index contributed by atoms with van der Waals surface area (Å²) in [6, 6.07) is 0. The average Bonchev–Trinajstić information content (AvgIpc) is 1.77. The van der Waals surface area contributed by atoms with Crippen molar-refractivity contribution in [3.63, 3.8) is 0 Å². The number of hydrogen-bond acceptors (Lipinski definition) is 3. The second kappa shape index (κ2) is 1.78. The minimum Gasteiger partial charge on any atom is -0.504 e. The molecule has 3 heteroatoms. The predicted octanol–water partition coefficient (Wildman–Crippen LogP) is 0.491. The van der Waals surface area contributed by atoms with E-state index in [4.69, 9.17) is 5.11 Å². The monoisotopic (exact) mass is 110 g/mol. The van der Waals surface area contributed by atoms with Crippen LogP contribution in [-0.2, 0) is 0 Å². The standard InChI is InChI=1S/C5H6N2O/c1-4-5(8)2-6-3-7-4/h2-3,8H,1H3. The van der Waals surface area contributed by atoms with Gasteiger partial charge in [0.05, 0.1) is 11.9 Å². The van der Waals surface area contributed by atoms with E-state index in [1.807, 2.05) is 0 Å². The summed E-state index contributed by atoms with van der Waals surface area (Å²) < 4.78 is 0. The van der Waals surface area contributed by atoms with E-state index in [9.17, 15) is 0 Å². The first-order chi connectivity index (χ1) is 3.80. The van der Waals surface area contributed by atoms with E-state index in [1.54, 1.807) is 6.92 Å². The summed E-state index contributed by atoms with van der Waals surface area (Å²) in [6.45, 7) is 1.72. The van der Waals surface area contributed by atoms with Crippen molar-refractivity contribution < 1.29 is 5.11 Å². The van der Waals surface area contributed by atoms with Gasteiger partial charge in [0.15, 0.2) is 5.75 Å². The maximum absolute atomic E-state index is 8.79. The van der Waals surface area contributed by atoms with Gasteiger partial charge in [0.1, 0.15) is 6.33 Å². The highest BCUT2D eigenvalue weighted by Gasteiger charge is 1.89. The molecule has 1 heterocycles. The van der Waals surface area contributed by atoms with E-state index in [2.05, 4.69) is 9.97 Å². The highest BCUT2D eigenvalue weighted by atomic mass is 16.3. The zero-order valence-electron chi connectivity index (χ0n) is 4.50. The van der Waals surface area contributed by atoms with Crippen LogP contribution in [0.1, 0.15) is 5.69 Å². The summed E-state index contributed by atoms with van der Waals surface area (Å²) in [5.41, 5.74) is 0.611. The summed E-state index contributed by atoms with van der Waals surface area (Å²) in [4.78, 5) is 7.30. The molecular formula is C5H6N2O. The van der Waals surface area contributed by atoms with Crippen molar-refractivity contribution in [1.82, 2.24) is 9.97 Å². The molecule has 8 heavy (non-hydrogen) atoms. The molecule has 3 nitrogen and oxygen atoms in total. The molecule has 1 N–H and O–H groups in total. The van der Waals surface area contributed by atoms with Crippen LogP contribution in [0.25, 0.3) is 0 Å². The molecule has 0 saturated carbocycles. The third kappa shape index (κ3) is 0.753. The van der Waals surface area contributed by atoms with E-state index in [0.717, 1.165) is 0 Å². The molecule has 0 radical (unpaired) electrons. The van der Waals surface area contributed by atoms with Crippen LogP contribution in [0.3, 0.4) is 0 Å². The Morgan fingerprint density at radius 3 is 2.75 bits per heavy atom. The minimum absolute atomic E-state index is 0.146. The SMILES string of the molecule is Cc1ncncc1O.